The van der Waals surface area contributed by atoms with E-state index < -0.39 is 0 Å². The van der Waals surface area contributed by atoms with E-state index in [9.17, 15) is 0 Å². The average Bonchev–Trinajstić information content (AvgIpc) is 2.75. The van der Waals surface area contributed by atoms with Crippen molar-refractivity contribution in [2.24, 2.45) is 5.73 Å². The Morgan fingerprint density at radius 1 is 1.28 bits per heavy atom. The molecule has 0 unspecified atom stereocenters. The number of nitrogens with zero attached hydrogens (tertiary/aromatic N) is 3. The number of hydrogen-bond acceptors (Lipinski definition) is 4. The van der Waals surface area contributed by atoms with Crippen LogP contribution in [0.4, 0.5) is 0 Å². The van der Waals surface area contributed by atoms with Gasteiger partial charge in [0, 0.05) is 0 Å². The molecule has 0 aliphatic rings. The minimum absolute atomic E-state index is 0.108. The highest BCUT2D eigenvalue weighted by atomic mass is 32.2. The fourth-order valence-electron chi connectivity index (χ4n) is 1.81. The summed E-state index contributed by atoms with van der Waals surface area (Å²) in [5, 5.41) is 9.24. The van der Waals surface area contributed by atoms with Crippen molar-refractivity contribution in [1.82, 2.24) is 14.8 Å². The maximum Gasteiger partial charge on any atom is 0.191 e. The quantitative estimate of drug-likeness (QED) is 0.859. The number of benzene rings is 1. The highest BCUT2D eigenvalue weighted by molar-refractivity contribution is 7.98. The standard InChI is InChI=1S/C13H18N4S/c1-9-4-6-11(7-5-9)8-17-12(10(2)14)15-16-13(17)18-3/h4-7,10H,8,14H2,1-3H3/t10-/m0/s1. The predicted molar refractivity (Wildman–Crippen MR) is 74.7 cm³/mol. The normalized spacial score (nSPS) is 12.7. The molecule has 0 aliphatic carbocycles. The summed E-state index contributed by atoms with van der Waals surface area (Å²) >= 11 is 1.59. The highest BCUT2D eigenvalue weighted by Gasteiger charge is 2.14. The minimum atomic E-state index is -0.108. The lowest BCUT2D eigenvalue weighted by molar-refractivity contribution is 0.620. The molecule has 1 aromatic carbocycles. The molecule has 1 atom stereocenters. The zero-order valence-corrected chi connectivity index (χ0v) is 11.7. The molecular formula is C13H18N4S. The van der Waals surface area contributed by atoms with E-state index in [4.69, 9.17) is 5.73 Å². The van der Waals surface area contributed by atoms with E-state index in [0.717, 1.165) is 17.5 Å². The summed E-state index contributed by atoms with van der Waals surface area (Å²) < 4.78 is 2.08. The highest BCUT2D eigenvalue weighted by Crippen LogP contribution is 2.19. The Hall–Kier alpha value is -1.33. The van der Waals surface area contributed by atoms with Gasteiger partial charge in [0.1, 0.15) is 0 Å². The molecule has 2 rings (SSSR count). The van der Waals surface area contributed by atoms with Crippen LogP contribution in [0.2, 0.25) is 0 Å². The van der Waals surface area contributed by atoms with Crippen molar-refractivity contribution in [2.75, 3.05) is 6.26 Å². The monoisotopic (exact) mass is 262 g/mol. The van der Waals surface area contributed by atoms with E-state index in [1.54, 1.807) is 11.8 Å². The van der Waals surface area contributed by atoms with Crippen LogP contribution in [-0.4, -0.2) is 21.0 Å². The average molecular weight is 262 g/mol. The van der Waals surface area contributed by atoms with Crippen LogP contribution in [0.15, 0.2) is 29.4 Å². The van der Waals surface area contributed by atoms with Crippen molar-refractivity contribution in [3.05, 3.63) is 41.2 Å². The van der Waals surface area contributed by atoms with Gasteiger partial charge in [-0.05, 0) is 25.7 Å². The zero-order chi connectivity index (χ0) is 13.1. The molecule has 2 aromatic rings. The van der Waals surface area contributed by atoms with Crippen LogP contribution >= 0.6 is 11.8 Å². The second kappa shape index (κ2) is 5.54. The molecule has 0 fully saturated rings. The number of nitrogens with two attached hydrogens (primary N) is 1. The summed E-state index contributed by atoms with van der Waals surface area (Å²) in [6.07, 6.45) is 2.00. The molecule has 0 amide bonds. The lowest BCUT2D eigenvalue weighted by Crippen LogP contribution is -2.14. The van der Waals surface area contributed by atoms with Crippen LogP contribution in [0.3, 0.4) is 0 Å². The molecule has 0 spiro atoms. The van der Waals surface area contributed by atoms with Crippen molar-refractivity contribution < 1.29 is 0 Å². The van der Waals surface area contributed by atoms with Gasteiger partial charge in [0.15, 0.2) is 11.0 Å². The van der Waals surface area contributed by atoms with Crippen molar-refractivity contribution in [3.63, 3.8) is 0 Å². The largest absolute Gasteiger partial charge is 0.322 e. The first-order chi connectivity index (χ1) is 8.61. The number of aromatic nitrogens is 3. The zero-order valence-electron chi connectivity index (χ0n) is 10.9. The molecular weight excluding hydrogens is 244 g/mol. The van der Waals surface area contributed by atoms with Gasteiger partial charge in [0.2, 0.25) is 0 Å². The Morgan fingerprint density at radius 2 is 1.94 bits per heavy atom. The molecule has 5 heteroatoms. The predicted octanol–water partition coefficient (Wildman–Crippen LogP) is 2.38. The molecule has 96 valence electrons. The lowest BCUT2D eigenvalue weighted by atomic mass is 10.1. The van der Waals surface area contributed by atoms with Gasteiger partial charge in [-0.15, -0.1) is 10.2 Å². The van der Waals surface area contributed by atoms with Crippen LogP contribution in [0.5, 0.6) is 0 Å². The number of thioether (sulfide) groups is 1. The van der Waals surface area contributed by atoms with E-state index in [-0.39, 0.29) is 6.04 Å². The Balaban J connectivity index is 2.32. The summed E-state index contributed by atoms with van der Waals surface area (Å²) in [5.41, 5.74) is 8.43. The molecule has 4 nitrogen and oxygen atoms in total. The van der Waals surface area contributed by atoms with E-state index in [1.807, 2.05) is 13.2 Å². The third kappa shape index (κ3) is 2.73. The second-order valence-corrected chi connectivity index (χ2v) is 5.18. The molecule has 0 saturated carbocycles. The Morgan fingerprint density at radius 3 is 2.50 bits per heavy atom. The second-order valence-electron chi connectivity index (χ2n) is 4.41. The SMILES string of the molecule is CSc1nnc([C@H](C)N)n1Cc1ccc(C)cc1. The summed E-state index contributed by atoms with van der Waals surface area (Å²) in [6.45, 7) is 4.78. The molecule has 0 bridgehead atoms. The Kier molecular flexibility index (Phi) is 4.04. The molecule has 1 heterocycles. The fraction of sp³-hybridized carbons (Fsp3) is 0.385. The molecule has 2 N–H and O–H groups in total. The third-order valence-electron chi connectivity index (χ3n) is 2.80. The van der Waals surface area contributed by atoms with Gasteiger partial charge >= 0.3 is 0 Å². The molecule has 0 aliphatic heterocycles. The maximum absolute atomic E-state index is 5.93. The Bertz CT molecular complexity index is 516. The fourth-order valence-corrected chi connectivity index (χ4v) is 2.31. The first kappa shape index (κ1) is 13.1. The van der Waals surface area contributed by atoms with Crippen molar-refractivity contribution in [3.8, 4) is 0 Å². The lowest BCUT2D eigenvalue weighted by Gasteiger charge is -2.11. The van der Waals surface area contributed by atoms with Crippen molar-refractivity contribution in [1.29, 1.82) is 0 Å². The Labute approximate surface area is 112 Å². The number of hydrogen-bond donors (Lipinski definition) is 1. The molecule has 0 saturated heterocycles. The van der Waals surface area contributed by atoms with Crippen LogP contribution in [-0.2, 0) is 6.54 Å². The van der Waals surface area contributed by atoms with Gasteiger partial charge in [-0.3, -0.25) is 0 Å². The molecule has 0 radical (unpaired) electrons. The van der Waals surface area contributed by atoms with E-state index >= 15 is 0 Å². The minimum Gasteiger partial charge on any atom is -0.322 e. The topological polar surface area (TPSA) is 56.7 Å². The van der Waals surface area contributed by atoms with Gasteiger partial charge in [-0.1, -0.05) is 41.6 Å². The van der Waals surface area contributed by atoms with Gasteiger partial charge < -0.3 is 10.3 Å². The van der Waals surface area contributed by atoms with Crippen molar-refractivity contribution in [2.45, 2.75) is 31.6 Å². The molecule has 1 aromatic heterocycles. The van der Waals surface area contributed by atoms with E-state index in [2.05, 4.69) is 46.0 Å². The van der Waals surface area contributed by atoms with Crippen LogP contribution < -0.4 is 5.73 Å². The summed E-state index contributed by atoms with van der Waals surface area (Å²) in [7, 11) is 0. The van der Waals surface area contributed by atoms with Gasteiger partial charge in [-0.2, -0.15) is 0 Å². The maximum atomic E-state index is 5.93. The summed E-state index contributed by atoms with van der Waals surface area (Å²) in [6, 6.07) is 8.38. The van der Waals surface area contributed by atoms with Gasteiger partial charge in [0.25, 0.3) is 0 Å². The summed E-state index contributed by atoms with van der Waals surface area (Å²) in [4.78, 5) is 0. The van der Waals surface area contributed by atoms with Crippen LogP contribution in [0, 0.1) is 6.92 Å². The first-order valence-corrected chi connectivity index (χ1v) is 7.12. The van der Waals surface area contributed by atoms with E-state index in [0.29, 0.717) is 0 Å². The third-order valence-corrected chi connectivity index (χ3v) is 3.46. The first-order valence-electron chi connectivity index (χ1n) is 5.90. The van der Waals surface area contributed by atoms with E-state index in [1.165, 1.54) is 11.1 Å². The van der Waals surface area contributed by atoms with Crippen LogP contribution in [0.1, 0.15) is 29.9 Å². The van der Waals surface area contributed by atoms with Gasteiger partial charge in [0.05, 0.1) is 12.6 Å². The summed E-state index contributed by atoms with van der Waals surface area (Å²) in [5.74, 6) is 0.833. The number of aryl methyl sites for hydroxylation is 1. The van der Waals surface area contributed by atoms with Crippen molar-refractivity contribution >= 4 is 11.8 Å². The van der Waals surface area contributed by atoms with Gasteiger partial charge in [-0.25, -0.2) is 0 Å². The number of rotatable bonds is 4. The van der Waals surface area contributed by atoms with Crippen LogP contribution in [0.25, 0.3) is 0 Å². The smallest absolute Gasteiger partial charge is 0.191 e. The molecule has 18 heavy (non-hydrogen) atoms.